The first-order chi connectivity index (χ1) is 12.1. The largest absolute Gasteiger partial charge is 0.450 e. The summed E-state index contributed by atoms with van der Waals surface area (Å²) in [6, 6.07) is 7.74. The molecule has 7 nitrogen and oxygen atoms in total. The Hall–Kier alpha value is -2.28. The van der Waals surface area contributed by atoms with E-state index in [2.05, 4.69) is 10.6 Å². The van der Waals surface area contributed by atoms with Gasteiger partial charge in [-0.05, 0) is 30.9 Å². The summed E-state index contributed by atoms with van der Waals surface area (Å²) in [4.78, 5) is 25.5. The lowest BCUT2D eigenvalue weighted by molar-refractivity contribution is 0.0957. The first-order valence-corrected chi connectivity index (χ1v) is 8.65. The predicted molar refractivity (Wildman–Crippen MR) is 94.1 cm³/mol. The van der Waals surface area contributed by atoms with Crippen LogP contribution in [0.5, 0.6) is 0 Å². The molecule has 0 spiro atoms. The number of amides is 3. The fraction of sp³-hybridized carbons (Fsp3) is 0.556. The van der Waals surface area contributed by atoms with E-state index in [-0.39, 0.29) is 18.2 Å². The standard InChI is InChI=1S/C18H27N3O4/c1-3-25-18(23)21-10-8-16(9-11-21)20-17(22)19-12-14-6-4-5-7-15(14)13-24-2/h4-7,16H,3,8-13H2,1-2H3,(H2,19,20,22). The summed E-state index contributed by atoms with van der Waals surface area (Å²) in [5.41, 5.74) is 2.10. The number of urea groups is 1. The fourth-order valence-electron chi connectivity index (χ4n) is 2.86. The summed E-state index contributed by atoms with van der Waals surface area (Å²) in [5, 5.41) is 5.86. The number of benzene rings is 1. The van der Waals surface area contributed by atoms with Crippen LogP contribution in [0.15, 0.2) is 24.3 Å². The van der Waals surface area contributed by atoms with Gasteiger partial charge < -0.3 is 25.0 Å². The van der Waals surface area contributed by atoms with Gasteiger partial charge in [0.2, 0.25) is 0 Å². The third-order valence-corrected chi connectivity index (χ3v) is 4.21. The van der Waals surface area contributed by atoms with Crippen molar-refractivity contribution in [1.82, 2.24) is 15.5 Å². The zero-order chi connectivity index (χ0) is 18.1. The number of carbonyl (C=O) groups is 2. The van der Waals surface area contributed by atoms with E-state index in [9.17, 15) is 9.59 Å². The molecule has 1 saturated heterocycles. The molecule has 138 valence electrons. The zero-order valence-corrected chi connectivity index (χ0v) is 14.9. The number of piperidine rings is 1. The highest BCUT2D eigenvalue weighted by atomic mass is 16.6. The number of ether oxygens (including phenoxy) is 2. The lowest BCUT2D eigenvalue weighted by atomic mass is 10.1. The number of methoxy groups -OCH3 is 1. The number of nitrogens with zero attached hydrogens (tertiary/aromatic N) is 1. The van der Waals surface area contributed by atoms with E-state index in [1.807, 2.05) is 24.3 Å². The first-order valence-electron chi connectivity index (χ1n) is 8.65. The second-order valence-corrected chi connectivity index (χ2v) is 5.99. The number of hydrogen-bond donors (Lipinski definition) is 2. The quantitative estimate of drug-likeness (QED) is 0.825. The molecule has 0 bridgehead atoms. The Labute approximate surface area is 148 Å². The molecule has 0 radical (unpaired) electrons. The van der Waals surface area contributed by atoms with Crippen molar-refractivity contribution in [1.29, 1.82) is 0 Å². The van der Waals surface area contributed by atoms with Crippen LogP contribution in [0.2, 0.25) is 0 Å². The van der Waals surface area contributed by atoms with Crippen molar-refractivity contribution >= 4 is 12.1 Å². The van der Waals surface area contributed by atoms with Crippen molar-refractivity contribution < 1.29 is 19.1 Å². The van der Waals surface area contributed by atoms with Gasteiger partial charge in [0.05, 0.1) is 13.2 Å². The van der Waals surface area contributed by atoms with Crippen molar-refractivity contribution in [3.05, 3.63) is 35.4 Å². The normalized spacial score (nSPS) is 14.9. The molecule has 0 aromatic heterocycles. The summed E-state index contributed by atoms with van der Waals surface area (Å²) in [7, 11) is 1.65. The smallest absolute Gasteiger partial charge is 0.409 e. The van der Waals surface area contributed by atoms with Crippen LogP contribution in [-0.4, -0.2) is 49.9 Å². The van der Waals surface area contributed by atoms with Crippen molar-refractivity contribution in [2.24, 2.45) is 0 Å². The molecule has 2 N–H and O–H groups in total. The Balaban J connectivity index is 1.74. The van der Waals surface area contributed by atoms with Gasteiger partial charge in [-0.25, -0.2) is 9.59 Å². The minimum Gasteiger partial charge on any atom is -0.450 e. The molecular weight excluding hydrogens is 322 g/mol. The highest BCUT2D eigenvalue weighted by molar-refractivity contribution is 5.74. The van der Waals surface area contributed by atoms with Crippen molar-refractivity contribution in [3.8, 4) is 0 Å². The van der Waals surface area contributed by atoms with E-state index in [4.69, 9.17) is 9.47 Å². The molecule has 0 saturated carbocycles. The van der Waals surface area contributed by atoms with E-state index in [1.165, 1.54) is 0 Å². The SMILES string of the molecule is CCOC(=O)N1CCC(NC(=O)NCc2ccccc2COC)CC1. The third-order valence-electron chi connectivity index (χ3n) is 4.21. The number of hydrogen-bond acceptors (Lipinski definition) is 4. The summed E-state index contributed by atoms with van der Waals surface area (Å²) in [6.07, 6.45) is 1.18. The zero-order valence-electron chi connectivity index (χ0n) is 14.9. The van der Waals surface area contributed by atoms with Gasteiger partial charge in [0.1, 0.15) is 0 Å². The van der Waals surface area contributed by atoms with Gasteiger partial charge >= 0.3 is 12.1 Å². The van der Waals surface area contributed by atoms with Gasteiger partial charge in [0.15, 0.2) is 0 Å². The molecule has 25 heavy (non-hydrogen) atoms. The van der Waals surface area contributed by atoms with E-state index in [0.717, 1.165) is 24.0 Å². The second-order valence-electron chi connectivity index (χ2n) is 5.99. The van der Waals surface area contributed by atoms with Gasteiger partial charge in [-0.1, -0.05) is 24.3 Å². The van der Waals surface area contributed by atoms with Crippen LogP contribution in [0.4, 0.5) is 9.59 Å². The Bertz CT molecular complexity index is 571. The molecule has 1 heterocycles. The maximum atomic E-state index is 12.1. The van der Waals surface area contributed by atoms with E-state index < -0.39 is 0 Å². The van der Waals surface area contributed by atoms with Crippen LogP contribution in [-0.2, 0) is 22.6 Å². The van der Waals surface area contributed by atoms with Gasteiger partial charge in [-0.15, -0.1) is 0 Å². The van der Waals surface area contributed by atoms with Crippen molar-refractivity contribution in [2.75, 3.05) is 26.8 Å². The van der Waals surface area contributed by atoms with Crippen LogP contribution >= 0.6 is 0 Å². The Morgan fingerprint density at radius 2 is 1.88 bits per heavy atom. The lowest BCUT2D eigenvalue weighted by Crippen LogP contribution is -2.49. The highest BCUT2D eigenvalue weighted by Gasteiger charge is 2.24. The number of rotatable bonds is 6. The molecule has 0 atom stereocenters. The van der Waals surface area contributed by atoms with Crippen molar-refractivity contribution in [3.63, 3.8) is 0 Å². The van der Waals surface area contributed by atoms with Crippen LogP contribution in [0.1, 0.15) is 30.9 Å². The first kappa shape index (κ1) is 19.1. The summed E-state index contributed by atoms with van der Waals surface area (Å²) in [5.74, 6) is 0. The van der Waals surface area contributed by atoms with Gasteiger partial charge in [-0.2, -0.15) is 0 Å². The van der Waals surface area contributed by atoms with E-state index in [1.54, 1.807) is 18.9 Å². The Kier molecular flexibility index (Phi) is 7.53. The lowest BCUT2D eigenvalue weighted by Gasteiger charge is -2.31. The molecule has 1 fully saturated rings. The minimum absolute atomic E-state index is 0.0693. The summed E-state index contributed by atoms with van der Waals surface area (Å²) < 4.78 is 10.2. The topological polar surface area (TPSA) is 79.9 Å². The molecule has 1 aromatic rings. The molecule has 1 aliphatic heterocycles. The minimum atomic E-state index is -0.278. The number of carbonyl (C=O) groups excluding carboxylic acids is 2. The monoisotopic (exact) mass is 349 g/mol. The third kappa shape index (κ3) is 5.94. The maximum Gasteiger partial charge on any atom is 0.409 e. The molecule has 2 rings (SSSR count). The highest BCUT2D eigenvalue weighted by Crippen LogP contribution is 2.12. The predicted octanol–water partition coefficient (Wildman–Crippen LogP) is 2.25. The van der Waals surface area contributed by atoms with Crippen LogP contribution in [0.25, 0.3) is 0 Å². The van der Waals surface area contributed by atoms with Crippen LogP contribution < -0.4 is 10.6 Å². The average Bonchev–Trinajstić information content (AvgIpc) is 2.62. The summed E-state index contributed by atoms with van der Waals surface area (Å²) >= 11 is 0. The van der Waals surface area contributed by atoms with E-state index >= 15 is 0 Å². The Morgan fingerprint density at radius 3 is 2.52 bits per heavy atom. The Morgan fingerprint density at radius 1 is 1.20 bits per heavy atom. The second kappa shape index (κ2) is 9.88. The van der Waals surface area contributed by atoms with Gasteiger partial charge in [0.25, 0.3) is 0 Å². The van der Waals surface area contributed by atoms with E-state index in [0.29, 0.717) is 32.8 Å². The molecule has 3 amide bonds. The average molecular weight is 349 g/mol. The molecule has 0 aliphatic carbocycles. The fourth-order valence-corrected chi connectivity index (χ4v) is 2.86. The molecule has 1 aliphatic rings. The summed E-state index contributed by atoms with van der Waals surface area (Å²) in [6.45, 7) is 4.34. The van der Waals surface area contributed by atoms with Crippen LogP contribution in [0.3, 0.4) is 0 Å². The van der Waals surface area contributed by atoms with Crippen molar-refractivity contribution in [2.45, 2.75) is 39.0 Å². The molecule has 1 aromatic carbocycles. The molecular formula is C18H27N3O4. The maximum absolute atomic E-state index is 12.1. The molecule has 0 unspecified atom stereocenters. The number of likely N-dealkylation sites (tertiary alicyclic amines) is 1. The van der Waals surface area contributed by atoms with Gasteiger partial charge in [-0.3, -0.25) is 0 Å². The van der Waals surface area contributed by atoms with Crippen LogP contribution in [0, 0.1) is 0 Å². The molecule has 7 heteroatoms. The van der Waals surface area contributed by atoms with Gasteiger partial charge in [0, 0.05) is 32.8 Å². The number of nitrogens with one attached hydrogen (secondary N) is 2.